The summed E-state index contributed by atoms with van der Waals surface area (Å²) in [4.78, 5) is 24.9. The SMILES string of the molecule is O=C(c1ocnc1C(F)F)N1CCc2[nH]cnc2[C@H]1c1oc2ccccc2c1C(F)F. The third-order valence-electron chi connectivity index (χ3n) is 5.31. The van der Waals surface area contributed by atoms with Crippen LogP contribution in [0, 0.1) is 0 Å². The summed E-state index contributed by atoms with van der Waals surface area (Å²) in [6.45, 7) is 0.0434. The van der Waals surface area contributed by atoms with E-state index in [0.29, 0.717) is 17.8 Å². The molecule has 0 radical (unpaired) electrons. The number of fused-ring (bicyclic) bond motifs is 2. The number of carbonyl (C=O) groups is 1. The average Bonchev–Trinajstić information content (AvgIpc) is 3.49. The predicted octanol–water partition coefficient (Wildman–Crippen LogP) is 4.81. The fourth-order valence-electron chi connectivity index (χ4n) is 3.97. The monoisotopic (exact) mass is 434 g/mol. The fraction of sp³-hybridized carbons (Fsp3) is 0.250. The largest absolute Gasteiger partial charge is 0.458 e. The Labute approximate surface area is 171 Å². The van der Waals surface area contributed by atoms with E-state index in [-0.39, 0.29) is 28.8 Å². The van der Waals surface area contributed by atoms with Crippen molar-refractivity contribution in [3.8, 4) is 0 Å². The number of amides is 1. The van der Waals surface area contributed by atoms with Crippen molar-refractivity contribution in [2.45, 2.75) is 25.3 Å². The zero-order valence-electron chi connectivity index (χ0n) is 15.7. The van der Waals surface area contributed by atoms with E-state index < -0.39 is 36.3 Å². The first kappa shape index (κ1) is 19.3. The van der Waals surface area contributed by atoms with Crippen LogP contribution in [0.15, 0.2) is 45.8 Å². The summed E-state index contributed by atoms with van der Waals surface area (Å²) in [5.41, 5.74) is -0.0213. The number of nitrogens with one attached hydrogen (secondary N) is 1. The van der Waals surface area contributed by atoms with Gasteiger partial charge in [-0.1, -0.05) is 18.2 Å². The van der Waals surface area contributed by atoms with Crippen LogP contribution >= 0.6 is 0 Å². The van der Waals surface area contributed by atoms with Gasteiger partial charge in [0.15, 0.2) is 12.1 Å². The van der Waals surface area contributed by atoms with Gasteiger partial charge in [0.05, 0.1) is 17.6 Å². The Kier molecular flexibility index (Phi) is 4.53. The van der Waals surface area contributed by atoms with Gasteiger partial charge in [-0.2, -0.15) is 0 Å². The molecule has 3 aromatic heterocycles. The lowest BCUT2D eigenvalue weighted by atomic mass is 9.96. The molecule has 5 rings (SSSR count). The van der Waals surface area contributed by atoms with Gasteiger partial charge in [0, 0.05) is 24.0 Å². The number of hydrogen-bond donors (Lipinski definition) is 1. The second-order valence-corrected chi connectivity index (χ2v) is 6.96. The highest BCUT2D eigenvalue weighted by molar-refractivity contribution is 5.93. The van der Waals surface area contributed by atoms with Crippen molar-refractivity contribution in [3.63, 3.8) is 0 Å². The second-order valence-electron chi connectivity index (χ2n) is 6.96. The van der Waals surface area contributed by atoms with Crippen molar-refractivity contribution in [1.82, 2.24) is 19.9 Å². The summed E-state index contributed by atoms with van der Waals surface area (Å²) in [6.07, 6.45) is -3.49. The minimum absolute atomic E-state index is 0.0434. The molecule has 1 aromatic carbocycles. The van der Waals surface area contributed by atoms with Crippen LogP contribution in [0.4, 0.5) is 17.6 Å². The van der Waals surface area contributed by atoms with E-state index in [9.17, 15) is 22.4 Å². The first-order chi connectivity index (χ1) is 15.0. The average molecular weight is 434 g/mol. The Morgan fingerprint density at radius 3 is 2.74 bits per heavy atom. The molecule has 0 fully saturated rings. The van der Waals surface area contributed by atoms with E-state index in [0.717, 1.165) is 11.3 Å². The minimum atomic E-state index is -3.04. The van der Waals surface area contributed by atoms with E-state index >= 15 is 0 Å². The summed E-state index contributed by atoms with van der Waals surface area (Å²) in [5, 5.41) is 0.204. The first-order valence-electron chi connectivity index (χ1n) is 9.31. The van der Waals surface area contributed by atoms with Crippen molar-refractivity contribution in [2.24, 2.45) is 0 Å². The number of carbonyl (C=O) groups excluding carboxylic acids is 1. The molecular formula is C20H14F4N4O3. The minimum Gasteiger partial charge on any atom is -0.458 e. The quantitative estimate of drug-likeness (QED) is 0.466. The van der Waals surface area contributed by atoms with E-state index in [1.54, 1.807) is 12.1 Å². The van der Waals surface area contributed by atoms with Crippen LogP contribution in [0.25, 0.3) is 11.0 Å². The molecule has 0 saturated carbocycles. The number of furan rings is 1. The lowest BCUT2D eigenvalue weighted by Crippen LogP contribution is -2.41. The number of aromatic amines is 1. The van der Waals surface area contributed by atoms with Gasteiger partial charge in [0.1, 0.15) is 17.4 Å². The maximum absolute atomic E-state index is 14.1. The number of nitrogens with zero attached hydrogens (tertiary/aromatic N) is 3. The molecule has 1 atom stereocenters. The topological polar surface area (TPSA) is 88.2 Å². The highest BCUT2D eigenvalue weighted by Crippen LogP contribution is 2.43. The van der Waals surface area contributed by atoms with Crippen LogP contribution in [0.2, 0.25) is 0 Å². The third kappa shape index (κ3) is 2.99. The number of para-hydroxylation sites is 1. The van der Waals surface area contributed by atoms with E-state index in [1.807, 2.05) is 0 Å². The molecular weight excluding hydrogens is 420 g/mol. The molecule has 1 aliphatic heterocycles. The van der Waals surface area contributed by atoms with Crippen LogP contribution in [0.1, 0.15) is 57.9 Å². The summed E-state index contributed by atoms with van der Waals surface area (Å²) < 4.78 is 65.5. The molecule has 4 heterocycles. The fourth-order valence-corrected chi connectivity index (χ4v) is 3.97. The van der Waals surface area contributed by atoms with Gasteiger partial charge < -0.3 is 18.7 Å². The van der Waals surface area contributed by atoms with E-state index in [2.05, 4.69) is 15.0 Å². The molecule has 11 heteroatoms. The number of imidazole rings is 1. The highest BCUT2D eigenvalue weighted by atomic mass is 19.3. The Hall–Kier alpha value is -3.63. The Bertz CT molecular complexity index is 1260. The van der Waals surface area contributed by atoms with Gasteiger partial charge in [-0.15, -0.1) is 0 Å². The summed E-state index contributed by atoms with van der Waals surface area (Å²) in [7, 11) is 0. The van der Waals surface area contributed by atoms with Crippen molar-refractivity contribution >= 4 is 16.9 Å². The third-order valence-corrected chi connectivity index (χ3v) is 5.31. The number of rotatable bonds is 4. The standard InChI is InChI=1S/C20H14F4N4O3/c21-18(22)12-9-3-1-2-4-11(9)31-16(12)15-13-10(25-7-26-13)5-6-28(15)20(29)17-14(19(23)24)27-8-30-17/h1-4,7-8,15,18-19H,5-6H2,(H,25,26)/t15-/m0/s1. The van der Waals surface area contributed by atoms with Gasteiger partial charge in [0.25, 0.3) is 18.8 Å². The molecule has 1 N–H and O–H groups in total. The molecule has 7 nitrogen and oxygen atoms in total. The van der Waals surface area contributed by atoms with E-state index in [1.165, 1.54) is 18.5 Å². The molecule has 0 spiro atoms. The summed E-state index contributed by atoms with van der Waals surface area (Å²) in [5.74, 6) is -1.73. The summed E-state index contributed by atoms with van der Waals surface area (Å²) >= 11 is 0. The Morgan fingerprint density at radius 2 is 1.97 bits per heavy atom. The molecule has 1 aliphatic rings. The first-order valence-corrected chi connectivity index (χ1v) is 9.31. The maximum atomic E-state index is 14.1. The van der Waals surface area contributed by atoms with Crippen LogP contribution in [-0.2, 0) is 6.42 Å². The van der Waals surface area contributed by atoms with Crippen LogP contribution in [-0.4, -0.2) is 32.3 Å². The van der Waals surface area contributed by atoms with Crippen molar-refractivity contribution < 1.29 is 31.2 Å². The van der Waals surface area contributed by atoms with Crippen LogP contribution < -0.4 is 0 Å². The Balaban J connectivity index is 1.69. The van der Waals surface area contributed by atoms with Gasteiger partial charge >= 0.3 is 0 Å². The molecule has 4 aromatic rings. The zero-order chi connectivity index (χ0) is 21.7. The number of benzene rings is 1. The van der Waals surface area contributed by atoms with Gasteiger partial charge in [-0.3, -0.25) is 4.79 Å². The van der Waals surface area contributed by atoms with Gasteiger partial charge in [-0.25, -0.2) is 27.5 Å². The number of H-pyrrole nitrogens is 1. The molecule has 160 valence electrons. The second kappa shape index (κ2) is 7.25. The molecule has 1 amide bonds. The van der Waals surface area contributed by atoms with Crippen LogP contribution in [0.5, 0.6) is 0 Å². The molecule has 0 unspecified atom stereocenters. The molecule has 0 saturated heterocycles. The zero-order valence-corrected chi connectivity index (χ0v) is 15.7. The maximum Gasteiger partial charge on any atom is 0.292 e. The van der Waals surface area contributed by atoms with Gasteiger partial charge in [0.2, 0.25) is 5.76 Å². The number of aromatic nitrogens is 3. The predicted molar refractivity (Wildman–Crippen MR) is 97.8 cm³/mol. The lowest BCUT2D eigenvalue weighted by molar-refractivity contribution is 0.0616. The van der Waals surface area contributed by atoms with Gasteiger partial charge in [-0.05, 0) is 6.07 Å². The van der Waals surface area contributed by atoms with Crippen molar-refractivity contribution in [3.05, 3.63) is 71.2 Å². The van der Waals surface area contributed by atoms with Crippen LogP contribution in [0.3, 0.4) is 0 Å². The lowest BCUT2D eigenvalue weighted by Gasteiger charge is -2.33. The van der Waals surface area contributed by atoms with Crippen molar-refractivity contribution in [2.75, 3.05) is 6.54 Å². The number of alkyl halides is 4. The number of oxazole rings is 1. The number of halogens is 4. The Morgan fingerprint density at radius 1 is 1.16 bits per heavy atom. The van der Waals surface area contributed by atoms with E-state index in [4.69, 9.17) is 8.83 Å². The summed E-state index contributed by atoms with van der Waals surface area (Å²) in [6, 6.07) is 5.11. The number of hydrogen-bond acceptors (Lipinski definition) is 5. The molecule has 0 aliphatic carbocycles. The smallest absolute Gasteiger partial charge is 0.292 e. The normalized spacial score (nSPS) is 16.5. The molecule has 31 heavy (non-hydrogen) atoms. The van der Waals surface area contributed by atoms with Crippen molar-refractivity contribution in [1.29, 1.82) is 0 Å². The highest BCUT2D eigenvalue weighted by Gasteiger charge is 2.42. The molecule has 0 bridgehead atoms.